The van der Waals surface area contributed by atoms with E-state index in [1.54, 1.807) is 24.4 Å². The largest absolute Gasteiger partial charge is 0.361 e. The van der Waals surface area contributed by atoms with Gasteiger partial charge in [-0.2, -0.15) is 0 Å². The average Bonchev–Trinajstić information content (AvgIpc) is 2.53. The first-order valence-corrected chi connectivity index (χ1v) is 7.80. The minimum absolute atomic E-state index is 0.0672. The Bertz CT molecular complexity index is 877. The van der Waals surface area contributed by atoms with Crippen molar-refractivity contribution in [2.45, 2.75) is 0 Å². The fourth-order valence-electron chi connectivity index (χ4n) is 2.38. The van der Waals surface area contributed by atoms with E-state index in [9.17, 15) is 4.79 Å². The highest BCUT2D eigenvalue weighted by Gasteiger charge is 2.06. The third-order valence-electron chi connectivity index (χ3n) is 3.40. The smallest absolute Gasteiger partial charge is 0.187 e. The number of allylic oxidation sites excluding steroid dienone is 1. The second-order valence-electron chi connectivity index (χ2n) is 5.03. The summed E-state index contributed by atoms with van der Waals surface area (Å²) in [6, 6.07) is 18.6. The number of hydrogen-bond donors (Lipinski definition) is 1. The number of anilines is 1. The van der Waals surface area contributed by atoms with Crippen molar-refractivity contribution in [3.8, 4) is 0 Å². The maximum Gasteiger partial charge on any atom is 0.187 e. The van der Waals surface area contributed by atoms with E-state index in [2.05, 4.69) is 5.32 Å². The monoisotopic (exact) mass is 341 g/mol. The molecule has 0 heterocycles. The van der Waals surface area contributed by atoms with Crippen molar-refractivity contribution in [1.29, 1.82) is 0 Å². The summed E-state index contributed by atoms with van der Waals surface area (Å²) in [6.07, 6.45) is 3.09. The van der Waals surface area contributed by atoms with Gasteiger partial charge in [-0.1, -0.05) is 65.7 Å². The molecule has 114 valence electrons. The minimum Gasteiger partial charge on any atom is -0.361 e. The Hall–Kier alpha value is -2.29. The summed E-state index contributed by atoms with van der Waals surface area (Å²) in [4.78, 5) is 12.4. The standard InChI is InChI=1S/C19H13Cl2NO/c20-14-10-15(21)12-16(11-14)22-9-8-19(23)18-7-3-5-13-4-1-2-6-17(13)18/h1-12,22H/b9-8+. The van der Waals surface area contributed by atoms with Crippen molar-refractivity contribution < 1.29 is 4.79 Å². The van der Waals surface area contributed by atoms with Crippen molar-refractivity contribution in [2.75, 3.05) is 5.32 Å². The van der Waals surface area contributed by atoms with E-state index < -0.39 is 0 Å². The Labute approximate surface area is 144 Å². The van der Waals surface area contributed by atoms with E-state index in [1.807, 2.05) is 42.5 Å². The van der Waals surface area contributed by atoms with Crippen molar-refractivity contribution in [2.24, 2.45) is 0 Å². The van der Waals surface area contributed by atoms with Crippen LogP contribution in [0.15, 0.2) is 72.9 Å². The lowest BCUT2D eigenvalue weighted by atomic mass is 10.0. The summed E-state index contributed by atoms with van der Waals surface area (Å²) in [5.41, 5.74) is 1.40. The predicted molar refractivity (Wildman–Crippen MR) is 97.5 cm³/mol. The Morgan fingerprint density at radius 1 is 0.913 bits per heavy atom. The Morgan fingerprint density at radius 2 is 1.61 bits per heavy atom. The fraction of sp³-hybridized carbons (Fsp3) is 0. The number of carbonyl (C=O) groups excluding carboxylic acids is 1. The van der Waals surface area contributed by atoms with E-state index in [0.717, 1.165) is 16.5 Å². The number of ketones is 1. The van der Waals surface area contributed by atoms with Crippen LogP contribution in [0.25, 0.3) is 10.8 Å². The van der Waals surface area contributed by atoms with Crippen LogP contribution in [0.3, 0.4) is 0 Å². The van der Waals surface area contributed by atoms with E-state index in [-0.39, 0.29) is 5.78 Å². The van der Waals surface area contributed by atoms with E-state index >= 15 is 0 Å². The molecule has 3 rings (SSSR count). The summed E-state index contributed by atoms with van der Waals surface area (Å²) >= 11 is 11.9. The van der Waals surface area contributed by atoms with Crippen LogP contribution in [0.1, 0.15) is 10.4 Å². The maximum atomic E-state index is 12.4. The minimum atomic E-state index is -0.0672. The molecular weight excluding hydrogens is 329 g/mol. The SMILES string of the molecule is O=C(/C=C/Nc1cc(Cl)cc(Cl)c1)c1cccc2ccccc12. The molecule has 0 bridgehead atoms. The highest BCUT2D eigenvalue weighted by molar-refractivity contribution is 6.35. The molecule has 0 aliphatic heterocycles. The Kier molecular flexibility index (Phi) is 4.65. The van der Waals surface area contributed by atoms with Gasteiger partial charge < -0.3 is 5.32 Å². The van der Waals surface area contributed by atoms with Crippen LogP contribution < -0.4 is 5.32 Å². The molecule has 4 heteroatoms. The number of benzene rings is 3. The zero-order chi connectivity index (χ0) is 16.2. The topological polar surface area (TPSA) is 29.1 Å². The quantitative estimate of drug-likeness (QED) is 0.468. The molecule has 0 aromatic heterocycles. The fourth-order valence-corrected chi connectivity index (χ4v) is 2.91. The lowest BCUT2D eigenvalue weighted by Crippen LogP contribution is -1.97. The van der Waals surface area contributed by atoms with Crippen LogP contribution in [0, 0.1) is 0 Å². The normalized spacial score (nSPS) is 11.0. The second-order valence-corrected chi connectivity index (χ2v) is 5.90. The van der Waals surface area contributed by atoms with Crippen LogP contribution in [0.2, 0.25) is 10.0 Å². The molecule has 3 aromatic carbocycles. The van der Waals surface area contributed by atoms with Gasteiger partial charge in [0, 0.05) is 33.6 Å². The predicted octanol–water partition coefficient (Wildman–Crippen LogP) is 5.96. The lowest BCUT2D eigenvalue weighted by Gasteiger charge is -2.04. The summed E-state index contributed by atoms with van der Waals surface area (Å²) < 4.78 is 0. The molecule has 0 radical (unpaired) electrons. The van der Waals surface area contributed by atoms with Gasteiger partial charge >= 0.3 is 0 Å². The molecule has 0 saturated carbocycles. The molecule has 0 spiro atoms. The van der Waals surface area contributed by atoms with Crippen LogP contribution in [0.5, 0.6) is 0 Å². The Morgan fingerprint density at radius 3 is 2.39 bits per heavy atom. The number of fused-ring (bicyclic) bond motifs is 1. The van der Waals surface area contributed by atoms with Gasteiger partial charge in [0.25, 0.3) is 0 Å². The molecule has 0 aliphatic rings. The molecule has 3 aromatic rings. The third-order valence-corrected chi connectivity index (χ3v) is 3.84. The first-order chi connectivity index (χ1) is 11.1. The molecule has 0 aliphatic carbocycles. The highest BCUT2D eigenvalue weighted by atomic mass is 35.5. The molecule has 23 heavy (non-hydrogen) atoms. The van der Waals surface area contributed by atoms with Crippen molar-refractivity contribution in [3.63, 3.8) is 0 Å². The number of halogens is 2. The van der Waals surface area contributed by atoms with Crippen LogP contribution in [-0.4, -0.2) is 5.78 Å². The second kappa shape index (κ2) is 6.86. The summed E-state index contributed by atoms with van der Waals surface area (Å²) in [5, 5.41) is 6.06. The molecule has 0 atom stereocenters. The molecule has 0 fully saturated rings. The van der Waals surface area contributed by atoms with Gasteiger partial charge in [0.15, 0.2) is 5.78 Å². The van der Waals surface area contributed by atoms with Gasteiger partial charge in [0.05, 0.1) is 0 Å². The molecule has 1 N–H and O–H groups in total. The first-order valence-electron chi connectivity index (χ1n) is 7.05. The molecular formula is C19H13Cl2NO. The molecule has 0 amide bonds. The van der Waals surface area contributed by atoms with Gasteiger partial charge in [-0.15, -0.1) is 0 Å². The number of rotatable bonds is 4. The number of hydrogen-bond acceptors (Lipinski definition) is 2. The average molecular weight is 342 g/mol. The van der Waals surface area contributed by atoms with Crippen LogP contribution in [-0.2, 0) is 0 Å². The molecule has 0 unspecified atom stereocenters. The van der Waals surface area contributed by atoms with Gasteiger partial charge in [-0.05, 0) is 29.0 Å². The number of nitrogens with one attached hydrogen (secondary N) is 1. The molecule has 2 nitrogen and oxygen atoms in total. The Balaban J connectivity index is 1.80. The van der Waals surface area contributed by atoms with E-state index in [0.29, 0.717) is 15.6 Å². The highest BCUT2D eigenvalue weighted by Crippen LogP contribution is 2.23. The number of carbonyl (C=O) groups is 1. The van der Waals surface area contributed by atoms with E-state index in [1.165, 1.54) is 6.08 Å². The van der Waals surface area contributed by atoms with Crippen LogP contribution in [0.4, 0.5) is 5.69 Å². The van der Waals surface area contributed by atoms with E-state index in [4.69, 9.17) is 23.2 Å². The van der Waals surface area contributed by atoms with Gasteiger partial charge in [0.2, 0.25) is 0 Å². The maximum absolute atomic E-state index is 12.4. The zero-order valence-electron chi connectivity index (χ0n) is 12.1. The summed E-state index contributed by atoms with van der Waals surface area (Å²) in [7, 11) is 0. The first kappa shape index (κ1) is 15.6. The van der Waals surface area contributed by atoms with Gasteiger partial charge in [-0.3, -0.25) is 4.79 Å². The van der Waals surface area contributed by atoms with Gasteiger partial charge in [-0.25, -0.2) is 0 Å². The van der Waals surface area contributed by atoms with Crippen LogP contribution >= 0.6 is 23.2 Å². The lowest BCUT2D eigenvalue weighted by molar-refractivity contribution is 0.104. The van der Waals surface area contributed by atoms with Crippen molar-refractivity contribution >= 4 is 45.4 Å². The summed E-state index contributed by atoms with van der Waals surface area (Å²) in [6.45, 7) is 0. The van der Waals surface area contributed by atoms with Gasteiger partial charge in [0.1, 0.15) is 0 Å². The van der Waals surface area contributed by atoms with Crippen molar-refractivity contribution in [1.82, 2.24) is 0 Å². The summed E-state index contributed by atoms with van der Waals surface area (Å²) in [5.74, 6) is -0.0672. The molecule has 0 saturated heterocycles. The van der Waals surface area contributed by atoms with Crippen molar-refractivity contribution in [3.05, 3.63) is 88.5 Å². The zero-order valence-corrected chi connectivity index (χ0v) is 13.6. The third kappa shape index (κ3) is 3.73.